The highest BCUT2D eigenvalue weighted by molar-refractivity contribution is 7.92. The molecule has 32 heavy (non-hydrogen) atoms. The van der Waals surface area contributed by atoms with Gasteiger partial charge >= 0.3 is 5.97 Å². The maximum atomic E-state index is 12.7. The number of anilines is 1. The van der Waals surface area contributed by atoms with Crippen molar-refractivity contribution in [3.8, 4) is 0 Å². The molecule has 0 aliphatic carbocycles. The number of benzene rings is 1. The number of ether oxygens (including phenoxy) is 2. The molecule has 3 aliphatic rings. The van der Waals surface area contributed by atoms with Gasteiger partial charge in [-0.15, -0.1) is 0 Å². The lowest BCUT2D eigenvalue weighted by Gasteiger charge is -2.36. The Hall–Kier alpha value is -2.85. The van der Waals surface area contributed by atoms with Crippen molar-refractivity contribution >= 4 is 33.5 Å². The van der Waals surface area contributed by atoms with Gasteiger partial charge in [-0.05, 0) is 70.9 Å². The van der Waals surface area contributed by atoms with Gasteiger partial charge in [0.25, 0.3) is 10.0 Å². The predicted octanol–water partition coefficient (Wildman–Crippen LogP) is 3.05. The van der Waals surface area contributed by atoms with Gasteiger partial charge < -0.3 is 9.47 Å². The van der Waals surface area contributed by atoms with Crippen LogP contribution in [-0.4, -0.2) is 42.5 Å². The summed E-state index contributed by atoms with van der Waals surface area (Å²) in [6, 6.07) is 7.80. The standard InChI is InChI=1S/C22H24N4O5S/c1-12-11-13(2)24-20(23-12)26-32(28,29)15-7-5-14(6-8-15)25-18-21(3)16-9-10-17(30-16)22(21,4)19(27)31-18/h5-8,11,16-17H,9-10H2,1-4H3,(H,23,24,26)/t16-,17+,21+,22-/m0/s1. The molecule has 3 fully saturated rings. The quantitative estimate of drug-likeness (QED) is 0.702. The molecule has 4 atom stereocenters. The van der Waals surface area contributed by atoms with E-state index in [1.165, 1.54) is 12.1 Å². The van der Waals surface area contributed by atoms with Crippen LogP contribution in [0.1, 0.15) is 38.1 Å². The van der Waals surface area contributed by atoms with Crippen LogP contribution < -0.4 is 4.72 Å². The number of hydrogen-bond donors (Lipinski definition) is 1. The van der Waals surface area contributed by atoms with Crippen LogP contribution in [0.15, 0.2) is 40.2 Å². The van der Waals surface area contributed by atoms with Crippen LogP contribution in [0.4, 0.5) is 11.6 Å². The first-order valence-corrected chi connectivity index (χ1v) is 11.9. The zero-order valence-corrected chi connectivity index (χ0v) is 19.1. The molecule has 3 aliphatic heterocycles. The van der Waals surface area contributed by atoms with Gasteiger partial charge in [0.05, 0.1) is 28.2 Å². The van der Waals surface area contributed by atoms with Gasteiger partial charge in [0.1, 0.15) is 5.41 Å². The molecule has 0 saturated carbocycles. The summed E-state index contributed by atoms with van der Waals surface area (Å²) >= 11 is 0. The van der Waals surface area contributed by atoms with Crippen LogP contribution in [0.2, 0.25) is 0 Å². The average Bonchev–Trinajstić information content (AvgIpc) is 3.34. The lowest BCUT2D eigenvalue weighted by atomic mass is 9.59. The zero-order chi connectivity index (χ0) is 22.9. The zero-order valence-electron chi connectivity index (χ0n) is 18.2. The van der Waals surface area contributed by atoms with Crippen molar-refractivity contribution in [1.29, 1.82) is 0 Å². The number of sulfonamides is 1. The number of esters is 1. The molecule has 4 heterocycles. The number of nitrogens with one attached hydrogen (secondary N) is 1. The van der Waals surface area contributed by atoms with Gasteiger partial charge in [0.2, 0.25) is 11.8 Å². The van der Waals surface area contributed by atoms with Crippen molar-refractivity contribution in [2.75, 3.05) is 4.72 Å². The van der Waals surface area contributed by atoms with E-state index >= 15 is 0 Å². The van der Waals surface area contributed by atoms with Crippen molar-refractivity contribution in [3.05, 3.63) is 41.7 Å². The summed E-state index contributed by atoms with van der Waals surface area (Å²) in [7, 11) is -3.87. The number of carbonyl (C=O) groups excluding carboxylic acids is 1. The summed E-state index contributed by atoms with van der Waals surface area (Å²) < 4.78 is 39.5. The Labute approximate surface area is 186 Å². The summed E-state index contributed by atoms with van der Waals surface area (Å²) in [5.41, 5.74) is 0.422. The summed E-state index contributed by atoms with van der Waals surface area (Å²) in [4.78, 5) is 25.6. The Morgan fingerprint density at radius 2 is 1.62 bits per heavy atom. The fourth-order valence-corrected chi connectivity index (χ4v) is 6.01. The van der Waals surface area contributed by atoms with E-state index in [4.69, 9.17) is 9.47 Å². The Balaban J connectivity index is 1.42. The first kappa shape index (κ1) is 21.0. The number of aryl methyl sites for hydroxylation is 2. The fourth-order valence-electron chi connectivity index (χ4n) is 5.07. The number of aliphatic imine (C=N–C) groups is 1. The minimum Gasteiger partial charge on any atom is -0.410 e. The molecule has 9 nitrogen and oxygen atoms in total. The molecule has 1 aromatic carbocycles. The number of cyclic esters (lactones) is 1. The highest BCUT2D eigenvalue weighted by Crippen LogP contribution is 2.64. The monoisotopic (exact) mass is 456 g/mol. The average molecular weight is 457 g/mol. The van der Waals surface area contributed by atoms with Crippen molar-refractivity contribution in [2.45, 2.75) is 57.6 Å². The SMILES string of the molecule is Cc1cc(C)nc(NS(=O)(=O)c2ccc(N=C3OC(=O)[C@]4(C)[C@H]5CC[C@H](O5)[C@]34C)cc2)n1. The van der Waals surface area contributed by atoms with Gasteiger partial charge in [-0.25, -0.2) is 28.1 Å². The van der Waals surface area contributed by atoms with Crippen LogP contribution in [0.5, 0.6) is 0 Å². The van der Waals surface area contributed by atoms with E-state index in [0.29, 0.717) is 23.0 Å². The third-order valence-corrected chi connectivity index (χ3v) is 8.37. The molecule has 1 aromatic heterocycles. The Kier molecular flexibility index (Phi) is 4.48. The van der Waals surface area contributed by atoms with Gasteiger partial charge in [-0.3, -0.25) is 4.79 Å². The van der Waals surface area contributed by atoms with Crippen LogP contribution in [0.3, 0.4) is 0 Å². The highest BCUT2D eigenvalue weighted by Gasteiger charge is 2.75. The van der Waals surface area contributed by atoms with Crippen molar-refractivity contribution < 1.29 is 22.7 Å². The molecule has 168 valence electrons. The van der Waals surface area contributed by atoms with Gasteiger partial charge in [0.15, 0.2) is 0 Å². The second-order valence-corrected chi connectivity index (χ2v) is 10.7. The van der Waals surface area contributed by atoms with E-state index in [1.807, 2.05) is 13.8 Å². The summed E-state index contributed by atoms with van der Waals surface area (Å²) in [6.07, 6.45) is 1.41. The van der Waals surface area contributed by atoms with E-state index in [9.17, 15) is 13.2 Å². The molecule has 0 unspecified atom stereocenters. The molecular formula is C22H24N4O5S. The number of rotatable bonds is 4. The Bertz CT molecular complexity index is 1240. The lowest BCUT2D eigenvalue weighted by molar-refractivity contribution is -0.146. The lowest BCUT2D eigenvalue weighted by Crippen LogP contribution is -2.48. The summed E-state index contributed by atoms with van der Waals surface area (Å²) in [5, 5.41) is 0. The molecule has 10 heteroatoms. The molecule has 0 radical (unpaired) electrons. The number of aromatic nitrogens is 2. The highest BCUT2D eigenvalue weighted by atomic mass is 32.2. The van der Waals surface area contributed by atoms with Gasteiger partial charge in [-0.2, -0.15) is 0 Å². The number of carbonyl (C=O) groups is 1. The second kappa shape index (κ2) is 6.82. The van der Waals surface area contributed by atoms with E-state index in [-0.39, 0.29) is 29.0 Å². The van der Waals surface area contributed by atoms with Crippen molar-refractivity contribution in [3.63, 3.8) is 0 Å². The van der Waals surface area contributed by atoms with E-state index in [2.05, 4.69) is 19.7 Å². The summed E-state index contributed by atoms with van der Waals surface area (Å²) in [5.74, 6) is 0.0329. The molecule has 5 rings (SSSR count). The van der Waals surface area contributed by atoms with E-state index < -0.39 is 20.9 Å². The van der Waals surface area contributed by atoms with Gasteiger partial charge in [-0.1, -0.05) is 0 Å². The van der Waals surface area contributed by atoms with E-state index in [0.717, 1.165) is 12.8 Å². The first-order chi connectivity index (χ1) is 15.0. The third kappa shape index (κ3) is 2.89. The maximum Gasteiger partial charge on any atom is 0.322 e. The molecule has 1 N–H and O–H groups in total. The molecule has 3 saturated heterocycles. The predicted molar refractivity (Wildman–Crippen MR) is 116 cm³/mol. The number of fused-ring (bicyclic) bond motifs is 5. The molecule has 2 bridgehead atoms. The van der Waals surface area contributed by atoms with Gasteiger partial charge in [0, 0.05) is 11.4 Å². The number of nitrogens with zero attached hydrogens (tertiary/aromatic N) is 3. The fraction of sp³-hybridized carbons (Fsp3) is 0.455. The normalized spacial score (nSPS) is 32.2. The van der Waals surface area contributed by atoms with Crippen LogP contribution >= 0.6 is 0 Å². The minimum absolute atomic E-state index is 0.0215. The topological polar surface area (TPSA) is 120 Å². The van der Waals surface area contributed by atoms with E-state index in [1.54, 1.807) is 32.0 Å². The molecule has 0 spiro atoms. The molecular weight excluding hydrogens is 432 g/mol. The summed E-state index contributed by atoms with van der Waals surface area (Å²) in [6.45, 7) is 7.39. The smallest absolute Gasteiger partial charge is 0.322 e. The third-order valence-electron chi connectivity index (χ3n) is 7.03. The van der Waals surface area contributed by atoms with Crippen LogP contribution in [0.25, 0.3) is 0 Å². The van der Waals surface area contributed by atoms with Crippen LogP contribution in [-0.2, 0) is 24.3 Å². The largest absolute Gasteiger partial charge is 0.410 e. The second-order valence-electron chi connectivity index (χ2n) is 8.98. The Morgan fingerprint density at radius 3 is 2.25 bits per heavy atom. The minimum atomic E-state index is -3.87. The molecule has 2 aromatic rings. The first-order valence-electron chi connectivity index (χ1n) is 10.5. The number of hydrogen-bond acceptors (Lipinski definition) is 8. The van der Waals surface area contributed by atoms with Crippen LogP contribution in [0, 0.1) is 24.7 Å². The maximum absolute atomic E-state index is 12.7. The Morgan fingerprint density at radius 1 is 1.03 bits per heavy atom. The van der Waals surface area contributed by atoms with Crippen molar-refractivity contribution in [2.24, 2.45) is 15.8 Å². The molecule has 0 amide bonds. The van der Waals surface area contributed by atoms with Crippen molar-refractivity contribution in [1.82, 2.24) is 9.97 Å².